The van der Waals surface area contributed by atoms with Crippen LogP contribution in [0.2, 0.25) is 0 Å². The predicted molar refractivity (Wildman–Crippen MR) is 99.3 cm³/mol. The van der Waals surface area contributed by atoms with E-state index >= 15 is 0 Å². The molecule has 2 aliphatic rings. The fourth-order valence-corrected chi connectivity index (χ4v) is 3.39. The molecule has 8 heteroatoms. The molecule has 1 amide bonds. The summed E-state index contributed by atoms with van der Waals surface area (Å²) in [5.74, 6) is -0.205. The number of nitrogens with zero attached hydrogens (tertiary/aromatic N) is 2. The molecular weight excluding hydrogens is 368 g/mol. The maximum Gasteiger partial charge on any atom is 0.238 e. The predicted octanol–water partition coefficient (Wildman–Crippen LogP) is 2.45. The molecule has 0 spiro atoms. The van der Waals surface area contributed by atoms with Crippen LogP contribution in [-0.2, 0) is 11.3 Å². The van der Waals surface area contributed by atoms with Gasteiger partial charge < -0.3 is 14.8 Å². The second-order valence-corrected chi connectivity index (χ2v) is 6.91. The van der Waals surface area contributed by atoms with Crippen molar-refractivity contribution in [1.82, 2.24) is 9.80 Å². The van der Waals surface area contributed by atoms with Gasteiger partial charge in [0.1, 0.15) is 11.6 Å². The minimum Gasteiger partial charge on any atom is -0.454 e. The van der Waals surface area contributed by atoms with Gasteiger partial charge in [0.2, 0.25) is 12.7 Å². The number of piperazine rings is 1. The molecule has 2 aliphatic heterocycles. The summed E-state index contributed by atoms with van der Waals surface area (Å²) in [6.07, 6.45) is 0. The Bertz CT molecular complexity index is 870. The van der Waals surface area contributed by atoms with Crippen LogP contribution in [0, 0.1) is 11.6 Å². The van der Waals surface area contributed by atoms with Crippen LogP contribution in [0.4, 0.5) is 14.5 Å². The maximum atomic E-state index is 13.6. The monoisotopic (exact) mass is 389 g/mol. The third kappa shape index (κ3) is 4.40. The molecule has 0 unspecified atom stereocenters. The van der Waals surface area contributed by atoms with Gasteiger partial charge in [-0.15, -0.1) is 0 Å². The van der Waals surface area contributed by atoms with Gasteiger partial charge in [-0.3, -0.25) is 14.6 Å². The number of fused-ring (bicyclic) bond motifs is 1. The molecule has 4 rings (SSSR count). The highest BCUT2D eigenvalue weighted by atomic mass is 19.1. The van der Waals surface area contributed by atoms with E-state index in [0.29, 0.717) is 0 Å². The van der Waals surface area contributed by atoms with Crippen LogP contribution >= 0.6 is 0 Å². The summed E-state index contributed by atoms with van der Waals surface area (Å²) < 4.78 is 37.3. The van der Waals surface area contributed by atoms with Crippen LogP contribution in [0.5, 0.6) is 11.5 Å². The zero-order valence-corrected chi connectivity index (χ0v) is 15.3. The van der Waals surface area contributed by atoms with Gasteiger partial charge in [0, 0.05) is 38.8 Å². The number of amides is 1. The number of carbonyl (C=O) groups excluding carboxylic acids is 1. The second-order valence-electron chi connectivity index (χ2n) is 6.91. The first-order valence-electron chi connectivity index (χ1n) is 9.15. The van der Waals surface area contributed by atoms with Gasteiger partial charge in [-0.05, 0) is 29.8 Å². The highest BCUT2D eigenvalue weighted by molar-refractivity contribution is 5.92. The van der Waals surface area contributed by atoms with E-state index < -0.39 is 11.6 Å². The summed E-state index contributed by atoms with van der Waals surface area (Å²) in [6, 6.07) is 9.06. The summed E-state index contributed by atoms with van der Waals surface area (Å²) in [5.41, 5.74) is 1.15. The normalized spacial score (nSPS) is 16.9. The largest absolute Gasteiger partial charge is 0.454 e. The molecule has 0 atom stereocenters. The van der Waals surface area contributed by atoms with Crippen molar-refractivity contribution in [2.75, 3.05) is 44.8 Å². The topological polar surface area (TPSA) is 54.0 Å². The van der Waals surface area contributed by atoms with E-state index in [0.717, 1.165) is 61.9 Å². The SMILES string of the molecule is O=C(CN1CCN(Cc2ccc3c(c2)OCO3)CC1)Nc1ccc(F)cc1F. The molecule has 2 aromatic rings. The third-order valence-corrected chi connectivity index (χ3v) is 4.88. The van der Waals surface area contributed by atoms with Crippen molar-refractivity contribution in [3.8, 4) is 11.5 Å². The first kappa shape index (κ1) is 18.6. The van der Waals surface area contributed by atoms with Crippen molar-refractivity contribution >= 4 is 11.6 Å². The van der Waals surface area contributed by atoms with Crippen molar-refractivity contribution in [1.29, 1.82) is 0 Å². The molecule has 0 bridgehead atoms. The van der Waals surface area contributed by atoms with Crippen molar-refractivity contribution in [2.24, 2.45) is 0 Å². The Kier molecular flexibility index (Phi) is 5.40. The minimum atomic E-state index is -0.776. The van der Waals surface area contributed by atoms with Crippen LogP contribution in [0.15, 0.2) is 36.4 Å². The number of nitrogens with one attached hydrogen (secondary N) is 1. The van der Waals surface area contributed by atoms with Gasteiger partial charge >= 0.3 is 0 Å². The van der Waals surface area contributed by atoms with Crippen molar-refractivity contribution in [3.05, 3.63) is 53.6 Å². The van der Waals surface area contributed by atoms with E-state index in [1.807, 2.05) is 23.1 Å². The molecule has 0 aliphatic carbocycles. The van der Waals surface area contributed by atoms with Crippen LogP contribution in [0.3, 0.4) is 0 Å². The molecule has 1 saturated heterocycles. The van der Waals surface area contributed by atoms with E-state index in [9.17, 15) is 13.6 Å². The molecule has 1 fully saturated rings. The van der Waals surface area contributed by atoms with Gasteiger partial charge in [0.15, 0.2) is 11.5 Å². The zero-order valence-electron chi connectivity index (χ0n) is 15.3. The lowest BCUT2D eigenvalue weighted by atomic mass is 10.1. The van der Waals surface area contributed by atoms with Crippen LogP contribution < -0.4 is 14.8 Å². The number of halogens is 2. The lowest BCUT2D eigenvalue weighted by Crippen LogP contribution is -2.48. The van der Waals surface area contributed by atoms with Crippen LogP contribution in [0.1, 0.15) is 5.56 Å². The van der Waals surface area contributed by atoms with Gasteiger partial charge in [-0.2, -0.15) is 0 Å². The number of rotatable bonds is 5. The molecule has 0 aromatic heterocycles. The van der Waals surface area contributed by atoms with E-state index in [4.69, 9.17) is 9.47 Å². The number of anilines is 1. The molecule has 6 nitrogen and oxygen atoms in total. The summed E-state index contributed by atoms with van der Waals surface area (Å²) >= 11 is 0. The summed E-state index contributed by atoms with van der Waals surface area (Å²) in [6.45, 7) is 4.38. The standard InChI is InChI=1S/C20H21F2N3O3/c21-15-2-3-17(16(22)10-15)23-20(26)12-25-7-5-24(6-8-25)11-14-1-4-18-19(9-14)28-13-27-18/h1-4,9-10H,5-8,11-13H2,(H,23,26). The lowest BCUT2D eigenvalue weighted by Gasteiger charge is -2.34. The van der Waals surface area contributed by atoms with Gasteiger partial charge in [-0.1, -0.05) is 6.07 Å². The molecule has 28 heavy (non-hydrogen) atoms. The molecule has 0 radical (unpaired) electrons. The molecule has 2 aromatic carbocycles. The summed E-state index contributed by atoms with van der Waals surface area (Å²) in [5, 5.41) is 2.50. The molecule has 2 heterocycles. The van der Waals surface area contributed by atoms with Crippen LogP contribution in [0.25, 0.3) is 0 Å². The van der Waals surface area contributed by atoms with Gasteiger partial charge in [0.05, 0.1) is 12.2 Å². The quantitative estimate of drug-likeness (QED) is 0.852. The maximum absolute atomic E-state index is 13.6. The van der Waals surface area contributed by atoms with Crippen LogP contribution in [-0.4, -0.2) is 55.2 Å². The highest BCUT2D eigenvalue weighted by Crippen LogP contribution is 2.32. The molecule has 148 valence electrons. The average Bonchev–Trinajstić information content (AvgIpc) is 3.13. The van der Waals surface area contributed by atoms with E-state index in [2.05, 4.69) is 10.2 Å². The fourth-order valence-electron chi connectivity index (χ4n) is 3.39. The fraction of sp³-hybridized carbons (Fsp3) is 0.350. The number of hydrogen-bond acceptors (Lipinski definition) is 5. The molecule has 0 saturated carbocycles. The van der Waals surface area contributed by atoms with Gasteiger partial charge in [-0.25, -0.2) is 8.78 Å². The number of benzene rings is 2. The van der Waals surface area contributed by atoms with E-state index in [1.165, 1.54) is 6.07 Å². The lowest BCUT2D eigenvalue weighted by molar-refractivity contribution is -0.117. The van der Waals surface area contributed by atoms with Crippen molar-refractivity contribution < 1.29 is 23.0 Å². The first-order chi connectivity index (χ1) is 13.6. The van der Waals surface area contributed by atoms with E-state index in [1.54, 1.807) is 0 Å². The van der Waals surface area contributed by atoms with Crippen molar-refractivity contribution in [3.63, 3.8) is 0 Å². The van der Waals surface area contributed by atoms with E-state index in [-0.39, 0.29) is 24.9 Å². The zero-order chi connectivity index (χ0) is 19.5. The highest BCUT2D eigenvalue weighted by Gasteiger charge is 2.21. The second kappa shape index (κ2) is 8.12. The van der Waals surface area contributed by atoms with Crippen molar-refractivity contribution in [2.45, 2.75) is 6.54 Å². The summed E-state index contributed by atoms with van der Waals surface area (Å²) in [7, 11) is 0. The summed E-state index contributed by atoms with van der Waals surface area (Å²) in [4.78, 5) is 16.5. The Morgan fingerprint density at radius 2 is 1.71 bits per heavy atom. The molecular formula is C20H21F2N3O3. The number of carbonyl (C=O) groups is 1. The Morgan fingerprint density at radius 1 is 0.964 bits per heavy atom. The Hall–Kier alpha value is -2.71. The smallest absolute Gasteiger partial charge is 0.238 e. The average molecular weight is 389 g/mol. The number of hydrogen-bond donors (Lipinski definition) is 1. The Labute approximate surface area is 161 Å². The Balaban J connectivity index is 1.24. The Morgan fingerprint density at radius 3 is 2.50 bits per heavy atom. The third-order valence-electron chi connectivity index (χ3n) is 4.88. The number of ether oxygens (including phenoxy) is 2. The first-order valence-corrected chi connectivity index (χ1v) is 9.15. The minimum absolute atomic E-state index is 0.00663. The van der Waals surface area contributed by atoms with Gasteiger partial charge in [0.25, 0.3) is 0 Å². The molecule has 1 N–H and O–H groups in total.